The van der Waals surface area contributed by atoms with E-state index in [1.165, 1.54) is 11.1 Å². The van der Waals surface area contributed by atoms with Crippen molar-refractivity contribution < 1.29 is 4.74 Å². The smallest absolute Gasteiger partial charge is 0.187 e. The molecule has 1 aromatic carbocycles. The Kier molecular flexibility index (Phi) is 4.41. The van der Waals surface area contributed by atoms with Gasteiger partial charge >= 0.3 is 0 Å². The zero-order valence-electron chi connectivity index (χ0n) is 12.2. The second kappa shape index (κ2) is 6.45. The minimum Gasteiger partial charge on any atom is -0.497 e. The molecule has 0 saturated carbocycles. The number of hydrogen-bond acceptors (Lipinski definition) is 5. The molecule has 0 saturated heterocycles. The third-order valence-electron chi connectivity index (χ3n) is 3.70. The number of ether oxygens (including phenoxy) is 1. The molecule has 0 fully saturated rings. The van der Waals surface area contributed by atoms with E-state index in [2.05, 4.69) is 34.3 Å². The van der Waals surface area contributed by atoms with E-state index in [0.29, 0.717) is 11.3 Å². The van der Waals surface area contributed by atoms with Gasteiger partial charge < -0.3 is 10.1 Å². The molecule has 1 N–H and O–H groups in total. The van der Waals surface area contributed by atoms with E-state index < -0.39 is 0 Å². The Hall–Kier alpha value is -1.59. The van der Waals surface area contributed by atoms with E-state index in [4.69, 9.17) is 4.74 Å². The lowest BCUT2D eigenvalue weighted by atomic mass is 10.1. The van der Waals surface area contributed by atoms with Crippen molar-refractivity contribution in [1.29, 1.82) is 0 Å². The number of nitrogens with zero attached hydrogens (tertiary/aromatic N) is 2. The Morgan fingerprint density at radius 1 is 1.33 bits per heavy atom. The van der Waals surface area contributed by atoms with E-state index in [1.807, 2.05) is 12.1 Å². The monoisotopic (exact) mass is 301 g/mol. The van der Waals surface area contributed by atoms with E-state index in [-0.39, 0.29) is 0 Å². The lowest BCUT2D eigenvalue weighted by Gasteiger charge is -2.20. The summed E-state index contributed by atoms with van der Waals surface area (Å²) in [6.07, 6.45) is 4.62. The second-order valence-corrected chi connectivity index (χ2v) is 6.20. The van der Waals surface area contributed by atoms with Gasteiger partial charge in [0.05, 0.1) is 7.11 Å². The van der Waals surface area contributed by atoms with Crippen molar-refractivity contribution in [3.05, 3.63) is 47.8 Å². The summed E-state index contributed by atoms with van der Waals surface area (Å²) in [5.41, 5.74) is 2.72. The molecule has 0 amide bonds. The molecule has 0 radical (unpaired) electrons. The number of fused-ring (bicyclic) bond motifs is 1. The molecule has 2 unspecified atom stereocenters. The first-order chi connectivity index (χ1) is 10.3. The van der Waals surface area contributed by atoms with E-state index in [1.54, 1.807) is 31.3 Å². The molecule has 0 aliphatic heterocycles. The maximum atomic E-state index is 5.36. The molecule has 0 spiro atoms. The molecule has 110 valence electrons. The standard InChI is InChI=1S/C16H19N3OS/c1-3-17-15-13-10-12(20-2)6-5-11(13)9-14(15)21-16-18-7-4-8-19-16/h4-8,10,14-15,17H,3,9H2,1-2H3. The molecule has 1 aliphatic carbocycles. The molecular weight excluding hydrogens is 282 g/mol. The van der Waals surface area contributed by atoms with Crippen molar-refractivity contribution in [2.24, 2.45) is 0 Å². The second-order valence-electron chi connectivity index (χ2n) is 4.99. The highest BCUT2D eigenvalue weighted by Crippen LogP contribution is 2.41. The van der Waals surface area contributed by atoms with Crippen molar-refractivity contribution in [2.45, 2.75) is 29.8 Å². The van der Waals surface area contributed by atoms with Gasteiger partial charge in [-0.25, -0.2) is 9.97 Å². The SMILES string of the molecule is CCNC1c2cc(OC)ccc2CC1Sc1ncccn1. The predicted molar refractivity (Wildman–Crippen MR) is 84.8 cm³/mol. The van der Waals surface area contributed by atoms with Crippen LogP contribution in [-0.4, -0.2) is 28.9 Å². The number of aromatic nitrogens is 2. The molecule has 21 heavy (non-hydrogen) atoms. The van der Waals surface area contributed by atoms with E-state index >= 15 is 0 Å². The average molecular weight is 301 g/mol. The van der Waals surface area contributed by atoms with Gasteiger partial charge in [0.2, 0.25) is 0 Å². The van der Waals surface area contributed by atoms with Gasteiger partial charge in [-0.2, -0.15) is 0 Å². The lowest BCUT2D eigenvalue weighted by Crippen LogP contribution is -2.27. The first-order valence-corrected chi connectivity index (χ1v) is 8.03. The molecule has 1 heterocycles. The molecule has 5 heteroatoms. The molecule has 1 aromatic heterocycles. The Morgan fingerprint density at radius 3 is 2.86 bits per heavy atom. The number of nitrogens with one attached hydrogen (secondary N) is 1. The highest BCUT2D eigenvalue weighted by molar-refractivity contribution is 7.99. The van der Waals surface area contributed by atoms with Crippen LogP contribution in [0.1, 0.15) is 24.1 Å². The van der Waals surface area contributed by atoms with Crippen LogP contribution in [0.4, 0.5) is 0 Å². The third-order valence-corrected chi connectivity index (χ3v) is 4.87. The molecule has 4 nitrogen and oxygen atoms in total. The minimum atomic E-state index is 0.314. The molecule has 1 aliphatic rings. The Morgan fingerprint density at radius 2 is 2.14 bits per heavy atom. The highest BCUT2D eigenvalue weighted by Gasteiger charge is 2.33. The fourth-order valence-corrected chi connectivity index (χ4v) is 3.92. The van der Waals surface area contributed by atoms with Gasteiger partial charge in [-0.3, -0.25) is 0 Å². The minimum absolute atomic E-state index is 0.314. The molecule has 3 rings (SSSR count). The van der Waals surface area contributed by atoms with Crippen LogP contribution in [0.25, 0.3) is 0 Å². The van der Waals surface area contributed by atoms with E-state index in [0.717, 1.165) is 23.9 Å². The van der Waals surface area contributed by atoms with Gasteiger partial charge in [0, 0.05) is 23.7 Å². The van der Waals surface area contributed by atoms with Crippen molar-refractivity contribution >= 4 is 11.8 Å². The van der Waals surface area contributed by atoms with Crippen molar-refractivity contribution in [3.63, 3.8) is 0 Å². The highest BCUT2D eigenvalue weighted by atomic mass is 32.2. The summed E-state index contributed by atoms with van der Waals surface area (Å²) < 4.78 is 5.36. The summed E-state index contributed by atoms with van der Waals surface area (Å²) in [7, 11) is 1.71. The van der Waals surface area contributed by atoms with Crippen LogP contribution in [0.5, 0.6) is 5.75 Å². The summed E-state index contributed by atoms with van der Waals surface area (Å²) in [5.74, 6) is 0.915. The van der Waals surface area contributed by atoms with Crippen LogP contribution in [-0.2, 0) is 6.42 Å². The molecule has 2 atom stereocenters. The number of thioether (sulfide) groups is 1. The molecular formula is C16H19N3OS. The normalized spacial score (nSPS) is 20.3. The number of methoxy groups -OCH3 is 1. The fraction of sp³-hybridized carbons (Fsp3) is 0.375. The molecule has 0 bridgehead atoms. The number of benzene rings is 1. The summed E-state index contributed by atoms with van der Waals surface area (Å²) in [4.78, 5) is 8.67. The van der Waals surface area contributed by atoms with Crippen molar-refractivity contribution in [2.75, 3.05) is 13.7 Å². The topological polar surface area (TPSA) is 47.0 Å². The number of hydrogen-bond donors (Lipinski definition) is 1. The predicted octanol–water partition coefficient (Wildman–Crippen LogP) is 2.85. The number of rotatable bonds is 5. The summed E-state index contributed by atoms with van der Waals surface area (Å²) >= 11 is 1.74. The van der Waals surface area contributed by atoms with Gasteiger partial charge in [-0.15, -0.1) is 0 Å². The van der Waals surface area contributed by atoms with E-state index in [9.17, 15) is 0 Å². The van der Waals surface area contributed by atoms with Gasteiger partial charge in [0.25, 0.3) is 0 Å². The van der Waals surface area contributed by atoms with Crippen LogP contribution in [0, 0.1) is 0 Å². The Bertz CT molecular complexity index is 606. The van der Waals surface area contributed by atoms with Crippen LogP contribution in [0.15, 0.2) is 41.8 Å². The first kappa shape index (κ1) is 14.4. The molecule has 2 aromatic rings. The van der Waals surface area contributed by atoms with Gasteiger partial charge in [0.15, 0.2) is 5.16 Å². The first-order valence-electron chi connectivity index (χ1n) is 7.15. The van der Waals surface area contributed by atoms with Gasteiger partial charge in [0.1, 0.15) is 5.75 Å². The largest absolute Gasteiger partial charge is 0.497 e. The lowest BCUT2D eigenvalue weighted by molar-refractivity contribution is 0.413. The fourth-order valence-electron chi connectivity index (χ4n) is 2.76. The Labute approximate surface area is 129 Å². The van der Waals surface area contributed by atoms with Gasteiger partial charge in [-0.05, 0) is 42.3 Å². The van der Waals surface area contributed by atoms with Crippen LogP contribution >= 0.6 is 11.8 Å². The third kappa shape index (κ3) is 3.04. The quantitative estimate of drug-likeness (QED) is 0.861. The zero-order valence-corrected chi connectivity index (χ0v) is 13.1. The maximum Gasteiger partial charge on any atom is 0.187 e. The van der Waals surface area contributed by atoms with Crippen LogP contribution in [0.3, 0.4) is 0 Å². The summed E-state index contributed by atoms with van der Waals surface area (Å²) in [6, 6.07) is 8.52. The Balaban J connectivity index is 1.85. The average Bonchev–Trinajstić information content (AvgIpc) is 2.85. The zero-order chi connectivity index (χ0) is 14.7. The summed E-state index contributed by atoms with van der Waals surface area (Å²) in [6.45, 7) is 3.08. The maximum absolute atomic E-state index is 5.36. The summed E-state index contributed by atoms with van der Waals surface area (Å²) in [5, 5.41) is 4.84. The van der Waals surface area contributed by atoms with Gasteiger partial charge in [-0.1, -0.05) is 24.8 Å². The van der Waals surface area contributed by atoms with Crippen LogP contribution < -0.4 is 10.1 Å². The van der Waals surface area contributed by atoms with Crippen molar-refractivity contribution in [1.82, 2.24) is 15.3 Å². The van der Waals surface area contributed by atoms with Crippen molar-refractivity contribution in [3.8, 4) is 5.75 Å². The van der Waals surface area contributed by atoms with Crippen LogP contribution in [0.2, 0.25) is 0 Å².